The Hall–Kier alpha value is -1.23. The molecule has 5 heteroatoms. The molecule has 0 aliphatic rings. The zero-order chi connectivity index (χ0) is 15.6. The van der Waals surface area contributed by atoms with Crippen molar-refractivity contribution in [2.75, 3.05) is 7.05 Å². The van der Waals surface area contributed by atoms with Crippen molar-refractivity contribution in [2.45, 2.75) is 25.9 Å². The molecule has 112 valence electrons. The Labute approximate surface area is 133 Å². The third-order valence-electron chi connectivity index (χ3n) is 3.77. The minimum Gasteiger partial charge on any atom is -0.291 e. The lowest BCUT2D eigenvalue weighted by Gasteiger charge is -2.30. The summed E-state index contributed by atoms with van der Waals surface area (Å²) in [4.78, 5) is 14.9. The minimum atomic E-state index is -0.352. The summed E-state index contributed by atoms with van der Waals surface area (Å²) < 4.78 is 14.5. The van der Waals surface area contributed by atoms with Crippen LogP contribution in [0.4, 0.5) is 4.39 Å². The lowest BCUT2D eigenvalue weighted by Crippen LogP contribution is -2.37. The molecule has 0 aliphatic heterocycles. The van der Waals surface area contributed by atoms with Crippen molar-refractivity contribution in [3.63, 3.8) is 0 Å². The van der Waals surface area contributed by atoms with Crippen LogP contribution in [0.3, 0.4) is 0 Å². The molecule has 1 heterocycles. The van der Waals surface area contributed by atoms with Crippen LogP contribution in [0.2, 0.25) is 4.34 Å². The highest BCUT2D eigenvalue weighted by Gasteiger charge is 2.26. The van der Waals surface area contributed by atoms with Crippen molar-refractivity contribution < 1.29 is 9.18 Å². The van der Waals surface area contributed by atoms with Crippen molar-refractivity contribution >= 4 is 28.7 Å². The van der Waals surface area contributed by atoms with E-state index in [1.807, 2.05) is 25.8 Å². The molecular weight excluding hydrogens is 309 g/mol. The second kappa shape index (κ2) is 6.69. The third kappa shape index (κ3) is 3.51. The molecule has 0 fully saturated rings. The molecule has 2 nitrogen and oxygen atoms in total. The Morgan fingerprint density at radius 3 is 2.48 bits per heavy atom. The van der Waals surface area contributed by atoms with Crippen molar-refractivity contribution in [1.29, 1.82) is 0 Å². The summed E-state index contributed by atoms with van der Waals surface area (Å²) in [6.07, 6.45) is 0. The zero-order valence-electron chi connectivity index (χ0n) is 12.1. The van der Waals surface area contributed by atoms with Crippen LogP contribution in [-0.2, 0) is 0 Å². The molecule has 2 rings (SSSR count). The topological polar surface area (TPSA) is 20.3 Å². The van der Waals surface area contributed by atoms with Gasteiger partial charge in [0.15, 0.2) is 5.78 Å². The number of thiophene rings is 1. The molecule has 0 radical (unpaired) electrons. The van der Waals surface area contributed by atoms with Gasteiger partial charge in [-0.05, 0) is 39.1 Å². The van der Waals surface area contributed by atoms with Crippen molar-refractivity contribution in [3.8, 4) is 0 Å². The first-order chi connectivity index (χ1) is 9.91. The highest BCUT2D eigenvalue weighted by molar-refractivity contribution is 7.18. The summed E-state index contributed by atoms with van der Waals surface area (Å²) >= 11 is 7.14. The molecule has 1 aromatic carbocycles. The molecule has 0 saturated carbocycles. The van der Waals surface area contributed by atoms with Crippen molar-refractivity contribution in [2.24, 2.45) is 0 Å². The zero-order valence-corrected chi connectivity index (χ0v) is 13.7. The van der Waals surface area contributed by atoms with Gasteiger partial charge >= 0.3 is 0 Å². The molecule has 2 aromatic rings. The van der Waals surface area contributed by atoms with E-state index >= 15 is 0 Å². The summed E-state index contributed by atoms with van der Waals surface area (Å²) in [5.41, 5.74) is 0.587. The van der Waals surface area contributed by atoms with E-state index < -0.39 is 0 Å². The summed E-state index contributed by atoms with van der Waals surface area (Å²) in [6, 6.07) is 9.54. The molecule has 0 saturated heterocycles. The summed E-state index contributed by atoms with van der Waals surface area (Å²) in [6.45, 7) is 3.72. The average molecular weight is 326 g/mol. The molecule has 0 aliphatic carbocycles. The van der Waals surface area contributed by atoms with Crippen LogP contribution in [-0.4, -0.2) is 23.8 Å². The van der Waals surface area contributed by atoms with Crippen LogP contribution in [0.5, 0.6) is 0 Å². The van der Waals surface area contributed by atoms with E-state index in [0.29, 0.717) is 14.8 Å². The van der Waals surface area contributed by atoms with Crippen LogP contribution in [0.1, 0.15) is 35.1 Å². The number of rotatable bonds is 5. The van der Waals surface area contributed by atoms with E-state index in [2.05, 4.69) is 0 Å². The highest BCUT2D eigenvalue weighted by atomic mass is 35.5. The van der Waals surface area contributed by atoms with Gasteiger partial charge in [-0.3, -0.25) is 9.69 Å². The van der Waals surface area contributed by atoms with Gasteiger partial charge in [0, 0.05) is 11.6 Å². The fourth-order valence-electron chi connectivity index (χ4n) is 2.21. The second-order valence-electron chi connectivity index (χ2n) is 5.01. The van der Waals surface area contributed by atoms with E-state index in [1.54, 1.807) is 30.3 Å². The number of carbonyl (C=O) groups is 1. The monoisotopic (exact) mass is 325 g/mol. The quantitative estimate of drug-likeness (QED) is 0.736. The maximum absolute atomic E-state index is 13.9. The average Bonchev–Trinajstić information content (AvgIpc) is 2.91. The van der Waals surface area contributed by atoms with E-state index in [1.165, 1.54) is 17.4 Å². The highest BCUT2D eigenvalue weighted by Crippen LogP contribution is 2.27. The van der Waals surface area contributed by atoms with Crippen LogP contribution in [0, 0.1) is 5.82 Å². The Morgan fingerprint density at radius 2 is 1.90 bits per heavy atom. The van der Waals surface area contributed by atoms with Gasteiger partial charge < -0.3 is 0 Å². The van der Waals surface area contributed by atoms with Gasteiger partial charge in [-0.15, -0.1) is 11.3 Å². The molecule has 0 bridgehead atoms. The van der Waals surface area contributed by atoms with Gasteiger partial charge in [0.05, 0.1) is 15.3 Å². The van der Waals surface area contributed by atoms with Crippen LogP contribution >= 0.6 is 22.9 Å². The number of nitrogens with zero attached hydrogens (tertiary/aromatic N) is 1. The first kappa shape index (κ1) is 16.1. The number of halogens is 2. The molecule has 0 amide bonds. The Bertz CT molecular complexity index is 643. The maximum Gasteiger partial charge on any atom is 0.189 e. The fraction of sp³-hybridized carbons (Fsp3) is 0.312. The van der Waals surface area contributed by atoms with Crippen LogP contribution in [0.25, 0.3) is 0 Å². The summed E-state index contributed by atoms with van der Waals surface area (Å²) in [5.74, 6) is -0.256. The van der Waals surface area contributed by atoms with Crippen molar-refractivity contribution in [1.82, 2.24) is 4.90 Å². The summed E-state index contributed by atoms with van der Waals surface area (Å²) in [7, 11) is 1.83. The predicted octanol–water partition coefficient (Wildman–Crippen LogP) is 4.80. The third-order valence-corrected chi connectivity index (χ3v) is 5.02. The number of hydrogen-bond acceptors (Lipinski definition) is 3. The number of Topliss-reactive ketones (excluding diaryl/α,β-unsaturated/α-hetero) is 1. The molecule has 0 spiro atoms. The predicted molar refractivity (Wildman–Crippen MR) is 85.7 cm³/mol. The van der Waals surface area contributed by atoms with E-state index in [-0.39, 0.29) is 23.7 Å². The van der Waals surface area contributed by atoms with Crippen LogP contribution < -0.4 is 0 Å². The first-order valence-electron chi connectivity index (χ1n) is 6.67. The smallest absolute Gasteiger partial charge is 0.189 e. The number of benzene rings is 1. The van der Waals surface area contributed by atoms with Gasteiger partial charge in [-0.2, -0.15) is 0 Å². The molecule has 0 N–H and O–H groups in total. The van der Waals surface area contributed by atoms with E-state index in [9.17, 15) is 9.18 Å². The lowest BCUT2D eigenvalue weighted by molar-refractivity contribution is 0.0828. The maximum atomic E-state index is 13.9. The fourth-order valence-corrected chi connectivity index (χ4v) is 3.27. The molecular formula is C16H17ClFNOS. The number of carbonyl (C=O) groups excluding carboxylic acids is 1. The molecule has 2 unspecified atom stereocenters. The van der Waals surface area contributed by atoms with Gasteiger partial charge in [-0.1, -0.05) is 29.8 Å². The lowest BCUT2D eigenvalue weighted by atomic mass is 10.0. The molecule has 2 atom stereocenters. The number of hydrogen-bond donors (Lipinski definition) is 0. The second-order valence-corrected chi connectivity index (χ2v) is 6.72. The molecule has 1 aromatic heterocycles. The molecule has 21 heavy (non-hydrogen) atoms. The standard InChI is InChI=1S/C16H17ClFNOS/c1-10(12-6-4-5-7-13(12)18)19(3)11(2)16(20)14-8-9-15(17)21-14/h4-11H,1-3H3. The van der Waals surface area contributed by atoms with Gasteiger partial charge in [0.2, 0.25) is 0 Å². The first-order valence-corrected chi connectivity index (χ1v) is 7.87. The number of likely N-dealkylation sites (N-methyl/N-ethyl adjacent to an activating group) is 1. The van der Waals surface area contributed by atoms with Gasteiger partial charge in [0.25, 0.3) is 0 Å². The Kier molecular flexibility index (Phi) is 5.14. The SMILES string of the molecule is CC(C(=O)c1ccc(Cl)s1)N(C)C(C)c1ccccc1F. The van der Waals surface area contributed by atoms with E-state index in [0.717, 1.165) is 0 Å². The number of ketones is 1. The normalized spacial score (nSPS) is 14.2. The minimum absolute atomic E-state index is 0.00223. The van der Waals surface area contributed by atoms with E-state index in [4.69, 9.17) is 11.6 Å². The van der Waals surface area contributed by atoms with Crippen molar-refractivity contribution in [3.05, 3.63) is 57.0 Å². The largest absolute Gasteiger partial charge is 0.291 e. The summed E-state index contributed by atoms with van der Waals surface area (Å²) in [5, 5.41) is 0. The van der Waals surface area contributed by atoms with Gasteiger partial charge in [-0.25, -0.2) is 4.39 Å². The van der Waals surface area contributed by atoms with Gasteiger partial charge in [0.1, 0.15) is 5.82 Å². The Morgan fingerprint density at radius 1 is 1.24 bits per heavy atom. The van der Waals surface area contributed by atoms with Crippen LogP contribution in [0.15, 0.2) is 36.4 Å². The Balaban J connectivity index is 2.17.